The van der Waals surface area contributed by atoms with Crippen molar-refractivity contribution in [3.63, 3.8) is 0 Å². The minimum Gasteiger partial charge on any atom is -0.492 e. The number of carbonyl (C=O) groups is 1. The van der Waals surface area contributed by atoms with Crippen LogP contribution in [0.3, 0.4) is 0 Å². The molecule has 0 saturated carbocycles. The smallest absolute Gasteiger partial charge is 0.270 e. The number of ether oxygens (including phenoxy) is 1. The van der Waals surface area contributed by atoms with Crippen LogP contribution in [0.15, 0.2) is 36.4 Å². The maximum absolute atomic E-state index is 12.0. The van der Waals surface area contributed by atoms with E-state index < -0.39 is 10.8 Å². The van der Waals surface area contributed by atoms with Gasteiger partial charge in [-0.25, -0.2) is 0 Å². The van der Waals surface area contributed by atoms with Crippen LogP contribution < -0.4 is 10.1 Å². The second-order valence-electron chi connectivity index (χ2n) is 5.35. The van der Waals surface area contributed by atoms with Gasteiger partial charge in [-0.2, -0.15) is 0 Å². The minimum absolute atomic E-state index is 0.0388. The third-order valence-corrected chi connectivity index (χ3v) is 3.57. The van der Waals surface area contributed by atoms with Crippen molar-refractivity contribution in [1.82, 2.24) is 5.32 Å². The summed E-state index contributed by atoms with van der Waals surface area (Å²) in [6.07, 6.45) is 0. The van der Waals surface area contributed by atoms with E-state index in [4.69, 9.17) is 16.3 Å². The lowest BCUT2D eigenvalue weighted by atomic mass is 10.1. The van der Waals surface area contributed by atoms with Crippen LogP contribution >= 0.6 is 11.6 Å². The van der Waals surface area contributed by atoms with Crippen molar-refractivity contribution < 1.29 is 14.5 Å². The van der Waals surface area contributed by atoms with E-state index in [2.05, 4.69) is 5.32 Å². The summed E-state index contributed by atoms with van der Waals surface area (Å²) in [4.78, 5) is 22.1. The van der Waals surface area contributed by atoms with Crippen molar-refractivity contribution in [2.24, 2.45) is 0 Å². The van der Waals surface area contributed by atoms with Crippen molar-refractivity contribution in [1.29, 1.82) is 0 Å². The molecule has 1 amide bonds. The number of benzene rings is 2. The summed E-state index contributed by atoms with van der Waals surface area (Å²) < 4.78 is 5.60. The first-order valence-electron chi connectivity index (χ1n) is 7.30. The normalized spacial score (nSPS) is 10.3. The zero-order valence-corrected chi connectivity index (χ0v) is 14.1. The van der Waals surface area contributed by atoms with Crippen molar-refractivity contribution in [2.45, 2.75) is 13.8 Å². The Labute approximate surface area is 144 Å². The summed E-state index contributed by atoms with van der Waals surface area (Å²) in [5, 5.41) is 13.4. The zero-order valence-electron chi connectivity index (χ0n) is 13.3. The molecule has 0 bridgehead atoms. The fourth-order valence-electron chi connectivity index (χ4n) is 2.25. The molecule has 0 atom stereocenters. The second-order valence-corrected chi connectivity index (χ2v) is 5.76. The number of aryl methyl sites for hydroxylation is 2. The Bertz CT molecular complexity index is 757. The van der Waals surface area contributed by atoms with Gasteiger partial charge in [0, 0.05) is 12.1 Å². The molecular formula is C17H17ClN2O4. The van der Waals surface area contributed by atoms with E-state index in [-0.39, 0.29) is 16.3 Å². The lowest BCUT2D eigenvalue weighted by Gasteiger charge is -2.10. The number of hydrogen-bond acceptors (Lipinski definition) is 4. The van der Waals surface area contributed by atoms with Gasteiger partial charge in [-0.1, -0.05) is 17.7 Å². The van der Waals surface area contributed by atoms with Gasteiger partial charge in [-0.15, -0.1) is 0 Å². The highest BCUT2D eigenvalue weighted by Gasteiger charge is 2.14. The number of carbonyl (C=O) groups excluding carboxylic acids is 1. The van der Waals surface area contributed by atoms with Gasteiger partial charge in [0.15, 0.2) is 0 Å². The van der Waals surface area contributed by atoms with Gasteiger partial charge < -0.3 is 10.1 Å². The van der Waals surface area contributed by atoms with Crippen LogP contribution in [0.4, 0.5) is 5.69 Å². The summed E-state index contributed by atoms with van der Waals surface area (Å²) in [7, 11) is 0. The van der Waals surface area contributed by atoms with E-state index in [1.165, 1.54) is 12.1 Å². The molecule has 2 aromatic carbocycles. The molecule has 0 aromatic heterocycles. The van der Waals surface area contributed by atoms with Gasteiger partial charge in [0.05, 0.1) is 22.1 Å². The van der Waals surface area contributed by atoms with Crippen molar-refractivity contribution >= 4 is 23.2 Å². The average Bonchev–Trinajstić information content (AvgIpc) is 2.50. The molecule has 1 N–H and O–H groups in total. The molecule has 0 aliphatic rings. The van der Waals surface area contributed by atoms with E-state index in [0.717, 1.165) is 22.9 Å². The Kier molecular flexibility index (Phi) is 5.76. The number of nitro benzene ring substituents is 1. The molecule has 0 unspecified atom stereocenters. The molecule has 0 radical (unpaired) electrons. The third-order valence-electron chi connectivity index (χ3n) is 3.26. The summed E-state index contributed by atoms with van der Waals surface area (Å²) in [5.74, 6) is 0.342. The first kappa shape index (κ1) is 17.7. The maximum Gasteiger partial charge on any atom is 0.270 e. The number of rotatable bonds is 6. The van der Waals surface area contributed by atoms with Crippen molar-refractivity contribution in [3.8, 4) is 5.75 Å². The fraction of sp³-hybridized carbons (Fsp3) is 0.235. The number of nitrogens with one attached hydrogen (secondary N) is 1. The van der Waals surface area contributed by atoms with Gasteiger partial charge in [-0.3, -0.25) is 14.9 Å². The number of nitrogens with zero attached hydrogens (tertiary/aromatic N) is 1. The van der Waals surface area contributed by atoms with Crippen LogP contribution in [-0.4, -0.2) is 24.0 Å². The van der Waals surface area contributed by atoms with E-state index in [0.29, 0.717) is 13.2 Å². The highest BCUT2D eigenvalue weighted by Crippen LogP contribution is 2.22. The van der Waals surface area contributed by atoms with Gasteiger partial charge in [-0.05, 0) is 43.2 Å². The Morgan fingerprint density at radius 3 is 2.46 bits per heavy atom. The van der Waals surface area contributed by atoms with Gasteiger partial charge in [0.25, 0.3) is 11.6 Å². The standard InChI is InChI=1S/C17H17ClN2O4/c1-11-7-12(2)9-14(8-11)24-6-5-19-17(21)15-4-3-13(20(22)23)10-16(15)18/h3-4,7-10H,5-6H2,1-2H3,(H,19,21). The van der Waals surface area contributed by atoms with Gasteiger partial charge in [0.2, 0.25) is 0 Å². The molecule has 0 fully saturated rings. The molecule has 0 heterocycles. The zero-order chi connectivity index (χ0) is 17.7. The topological polar surface area (TPSA) is 81.5 Å². The van der Waals surface area contributed by atoms with Gasteiger partial charge >= 0.3 is 0 Å². The predicted octanol–water partition coefficient (Wildman–Crippen LogP) is 3.67. The van der Waals surface area contributed by atoms with Crippen LogP contribution in [-0.2, 0) is 0 Å². The van der Waals surface area contributed by atoms with Crippen LogP contribution in [0, 0.1) is 24.0 Å². The average molecular weight is 349 g/mol. The third kappa shape index (κ3) is 4.70. The van der Waals surface area contributed by atoms with Crippen LogP contribution in [0.2, 0.25) is 5.02 Å². The summed E-state index contributed by atoms with van der Waals surface area (Å²) in [6.45, 7) is 4.56. The van der Waals surface area contributed by atoms with Crippen LogP contribution in [0.5, 0.6) is 5.75 Å². The quantitative estimate of drug-likeness (QED) is 0.490. The van der Waals surface area contributed by atoms with E-state index >= 15 is 0 Å². The molecular weight excluding hydrogens is 332 g/mol. The van der Waals surface area contributed by atoms with E-state index in [1.807, 2.05) is 32.0 Å². The number of amides is 1. The molecule has 7 heteroatoms. The summed E-state index contributed by atoms with van der Waals surface area (Å²) >= 11 is 5.92. The highest BCUT2D eigenvalue weighted by atomic mass is 35.5. The lowest BCUT2D eigenvalue weighted by Crippen LogP contribution is -2.28. The largest absolute Gasteiger partial charge is 0.492 e. The Hall–Kier alpha value is -2.60. The molecule has 126 valence electrons. The van der Waals surface area contributed by atoms with Crippen molar-refractivity contribution in [3.05, 3.63) is 68.2 Å². The molecule has 24 heavy (non-hydrogen) atoms. The summed E-state index contributed by atoms with van der Waals surface area (Å²) in [5.41, 5.74) is 2.24. The molecule has 0 spiro atoms. The van der Waals surface area contributed by atoms with Crippen LogP contribution in [0.25, 0.3) is 0 Å². The van der Waals surface area contributed by atoms with Crippen molar-refractivity contribution in [2.75, 3.05) is 13.2 Å². The first-order chi connectivity index (χ1) is 11.4. The molecule has 0 aliphatic carbocycles. The predicted molar refractivity (Wildman–Crippen MR) is 91.9 cm³/mol. The Balaban J connectivity index is 1.88. The molecule has 0 aliphatic heterocycles. The SMILES string of the molecule is Cc1cc(C)cc(OCCNC(=O)c2ccc([N+](=O)[O-])cc2Cl)c1. The Morgan fingerprint density at radius 1 is 1.21 bits per heavy atom. The van der Waals surface area contributed by atoms with E-state index in [1.54, 1.807) is 0 Å². The fourth-order valence-corrected chi connectivity index (χ4v) is 2.51. The molecule has 2 rings (SSSR count). The lowest BCUT2D eigenvalue weighted by molar-refractivity contribution is -0.384. The second kappa shape index (κ2) is 7.79. The number of hydrogen-bond donors (Lipinski definition) is 1. The number of non-ortho nitro benzene ring substituents is 1. The minimum atomic E-state index is -0.564. The van der Waals surface area contributed by atoms with Crippen LogP contribution in [0.1, 0.15) is 21.5 Å². The molecule has 6 nitrogen and oxygen atoms in total. The van der Waals surface area contributed by atoms with Gasteiger partial charge in [0.1, 0.15) is 12.4 Å². The maximum atomic E-state index is 12.0. The molecule has 0 saturated heterocycles. The molecule has 2 aromatic rings. The summed E-state index contributed by atoms with van der Waals surface area (Å²) in [6, 6.07) is 9.62. The van der Waals surface area contributed by atoms with E-state index in [9.17, 15) is 14.9 Å². The number of nitro groups is 1. The number of halogens is 1. The first-order valence-corrected chi connectivity index (χ1v) is 7.68. The monoisotopic (exact) mass is 348 g/mol. The Morgan fingerprint density at radius 2 is 1.88 bits per heavy atom. The highest BCUT2D eigenvalue weighted by molar-refractivity contribution is 6.34.